The summed E-state index contributed by atoms with van der Waals surface area (Å²) in [5, 5.41) is 21.4. The lowest BCUT2D eigenvalue weighted by Crippen LogP contribution is -2.37. The molecule has 30 heavy (non-hydrogen) atoms. The van der Waals surface area contributed by atoms with Gasteiger partial charge in [0.05, 0.1) is 12.0 Å². The van der Waals surface area contributed by atoms with Crippen LogP contribution in [0.15, 0.2) is 65.1 Å². The van der Waals surface area contributed by atoms with Crippen molar-refractivity contribution in [1.29, 1.82) is 0 Å². The van der Waals surface area contributed by atoms with Gasteiger partial charge in [-0.05, 0) is 43.4 Å². The normalized spacial score (nSPS) is 19.5. The third-order valence-electron chi connectivity index (χ3n) is 5.34. The number of furan rings is 1. The zero-order valence-electron chi connectivity index (χ0n) is 17.0. The van der Waals surface area contributed by atoms with Crippen LogP contribution in [0.3, 0.4) is 0 Å². The number of aliphatic carboxylic acids is 2. The molecule has 6 nitrogen and oxygen atoms in total. The summed E-state index contributed by atoms with van der Waals surface area (Å²) in [5.74, 6) is -0.799. The molecule has 3 N–H and O–H groups in total. The van der Waals surface area contributed by atoms with Gasteiger partial charge >= 0.3 is 5.97 Å². The number of carboxylic acid groups (broad SMARTS) is 2. The van der Waals surface area contributed by atoms with Crippen LogP contribution in [0, 0.1) is 5.92 Å². The minimum Gasteiger partial charge on any atom is -0.481 e. The van der Waals surface area contributed by atoms with Gasteiger partial charge in [0.2, 0.25) is 0 Å². The molecule has 3 aromatic rings. The molecule has 1 aliphatic carbocycles. The first-order valence-corrected chi connectivity index (χ1v) is 10.2. The molecule has 1 atom stereocenters. The van der Waals surface area contributed by atoms with Gasteiger partial charge in [-0.2, -0.15) is 0 Å². The SMILES string of the molecule is CC(=O)O.O=C(O)C1CCC(NC(c2ccccc2)c2cc3ccccc3o2)CC1. The Morgan fingerprint density at radius 1 is 0.967 bits per heavy atom. The van der Waals surface area contributed by atoms with E-state index in [0.717, 1.165) is 54.9 Å². The number of nitrogens with one attached hydrogen (secondary N) is 1. The molecule has 0 spiro atoms. The Kier molecular flexibility index (Phi) is 7.25. The number of fused-ring (bicyclic) bond motifs is 1. The molecule has 1 heterocycles. The summed E-state index contributed by atoms with van der Waals surface area (Å²) in [5.41, 5.74) is 2.05. The van der Waals surface area contributed by atoms with Crippen LogP contribution in [-0.4, -0.2) is 28.2 Å². The minimum atomic E-state index is -0.833. The van der Waals surface area contributed by atoms with Gasteiger partial charge in [0.15, 0.2) is 0 Å². The molecule has 1 unspecified atom stereocenters. The van der Waals surface area contributed by atoms with Crippen LogP contribution >= 0.6 is 0 Å². The van der Waals surface area contributed by atoms with Crippen LogP contribution in [0.4, 0.5) is 0 Å². The second kappa shape index (κ2) is 10.1. The summed E-state index contributed by atoms with van der Waals surface area (Å²) in [6, 6.07) is 20.7. The summed E-state index contributed by atoms with van der Waals surface area (Å²) in [4.78, 5) is 20.2. The minimum absolute atomic E-state index is 0.0324. The van der Waals surface area contributed by atoms with Gasteiger partial charge < -0.3 is 19.9 Å². The van der Waals surface area contributed by atoms with Gasteiger partial charge in [0, 0.05) is 18.4 Å². The van der Waals surface area contributed by atoms with Crippen molar-refractivity contribution in [3.8, 4) is 0 Å². The molecule has 4 rings (SSSR count). The lowest BCUT2D eigenvalue weighted by atomic mass is 9.85. The molecule has 2 aromatic carbocycles. The zero-order chi connectivity index (χ0) is 21.5. The molecule has 1 aliphatic rings. The highest BCUT2D eigenvalue weighted by atomic mass is 16.4. The van der Waals surface area contributed by atoms with Crippen molar-refractivity contribution in [2.45, 2.75) is 44.7 Å². The highest BCUT2D eigenvalue weighted by Gasteiger charge is 2.29. The van der Waals surface area contributed by atoms with Gasteiger partial charge in [0.1, 0.15) is 11.3 Å². The van der Waals surface area contributed by atoms with E-state index >= 15 is 0 Å². The van der Waals surface area contributed by atoms with Gasteiger partial charge in [-0.3, -0.25) is 9.59 Å². The summed E-state index contributed by atoms with van der Waals surface area (Å²) >= 11 is 0. The predicted molar refractivity (Wildman–Crippen MR) is 114 cm³/mol. The second-order valence-electron chi connectivity index (χ2n) is 7.60. The second-order valence-corrected chi connectivity index (χ2v) is 7.60. The molecule has 1 fully saturated rings. The van der Waals surface area contributed by atoms with Crippen molar-refractivity contribution in [1.82, 2.24) is 5.32 Å². The van der Waals surface area contributed by atoms with Crippen LogP contribution in [0.1, 0.15) is 50.0 Å². The van der Waals surface area contributed by atoms with E-state index in [1.807, 2.05) is 36.4 Å². The molecule has 0 bridgehead atoms. The fraction of sp³-hybridized carbons (Fsp3) is 0.333. The summed E-state index contributed by atoms with van der Waals surface area (Å²) < 4.78 is 6.13. The maximum atomic E-state index is 11.2. The summed E-state index contributed by atoms with van der Waals surface area (Å²) in [6.07, 6.45) is 3.21. The number of rotatable bonds is 5. The zero-order valence-corrected chi connectivity index (χ0v) is 17.0. The molecule has 0 aliphatic heterocycles. The first-order chi connectivity index (χ1) is 14.4. The molecule has 0 radical (unpaired) electrons. The highest BCUT2D eigenvalue weighted by Crippen LogP contribution is 2.31. The fourth-order valence-corrected chi connectivity index (χ4v) is 3.88. The van der Waals surface area contributed by atoms with E-state index in [4.69, 9.17) is 14.3 Å². The molecule has 158 valence electrons. The molecular weight excluding hydrogens is 382 g/mol. The lowest BCUT2D eigenvalue weighted by molar-refractivity contribution is -0.143. The standard InChI is InChI=1S/C22H23NO3.C2H4O2/c24-22(25)16-10-12-18(13-11-16)23-21(15-6-2-1-3-7-15)20-14-17-8-4-5-9-19(17)26-20;1-2(3)4/h1-9,14,16,18,21,23H,10-13H2,(H,24,25);1H3,(H,3,4). The van der Waals surface area contributed by atoms with E-state index in [2.05, 4.69) is 29.6 Å². The van der Waals surface area contributed by atoms with E-state index in [1.165, 1.54) is 0 Å². The van der Waals surface area contributed by atoms with Crippen LogP contribution in [0.25, 0.3) is 11.0 Å². The Hall–Kier alpha value is -3.12. The first kappa shape index (κ1) is 21.6. The first-order valence-electron chi connectivity index (χ1n) is 10.2. The van der Waals surface area contributed by atoms with E-state index in [-0.39, 0.29) is 12.0 Å². The number of hydrogen-bond acceptors (Lipinski definition) is 4. The number of para-hydroxylation sites is 1. The smallest absolute Gasteiger partial charge is 0.306 e. The van der Waals surface area contributed by atoms with Gasteiger partial charge in [-0.1, -0.05) is 48.5 Å². The number of benzene rings is 2. The van der Waals surface area contributed by atoms with E-state index in [1.54, 1.807) is 0 Å². The number of hydrogen-bond donors (Lipinski definition) is 3. The van der Waals surface area contributed by atoms with Crippen molar-refractivity contribution in [3.05, 3.63) is 72.0 Å². The lowest BCUT2D eigenvalue weighted by Gasteiger charge is -2.30. The Balaban J connectivity index is 0.000000589. The van der Waals surface area contributed by atoms with Crippen LogP contribution < -0.4 is 5.32 Å². The number of carboxylic acids is 2. The number of carbonyl (C=O) groups is 2. The molecular formula is C24H27NO5. The molecule has 1 aromatic heterocycles. The summed E-state index contributed by atoms with van der Waals surface area (Å²) in [6.45, 7) is 1.08. The average molecular weight is 409 g/mol. The molecule has 1 saturated carbocycles. The average Bonchev–Trinajstić information content (AvgIpc) is 3.16. The Bertz CT molecular complexity index is 936. The largest absolute Gasteiger partial charge is 0.481 e. The van der Waals surface area contributed by atoms with Crippen molar-refractivity contribution in [2.75, 3.05) is 0 Å². The molecule has 0 saturated heterocycles. The van der Waals surface area contributed by atoms with Crippen LogP contribution in [0.2, 0.25) is 0 Å². The van der Waals surface area contributed by atoms with E-state index in [0.29, 0.717) is 6.04 Å². The topological polar surface area (TPSA) is 99.8 Å². The third kappa shape index (κ3) is 5.70. The van der Waals surface area contributed by atoms with Gasteiger partial charge in [-0.25, -0.2) is 0 Å². The fourth-order valence-electron chi connectivity index (χ4n) is 3.88. The maximum Gasteiger partial charge on any atom is 0.306 e. The van der Waals surface area contributed by atoms with Crippen molar-refractivity contribution in [3.63, 3.8) is 0 Å². The van der Waals surface area contributed by atoms with Crippen molar-refractivity contribution in [2.24, 2.45) is 5.92 Å². The quantitative estimate of drug-likeness (QED) is 0.557. The Morgan fingerprint density at radius 3 is 2.17 bits per heavy atom. The molecule has 0 amide bonds. The monoisotopic (exact) mass is 409 g/mol. The van der Waals surface area contributed by atoms with Crippen molar-refractivity contribution >= 4 is 22.9 Å². The summed E-state index contributed by atoms with van der Waals surface area (Å²) in [7, 11) is 0. The van der Waals surface area contributed by atoms with Gasteiger partial charge in [-0.15, -0.1) is 0 Å². The highest BCUT2D eigenvalue weighted by molar-refractivity contribution is 5.78. The third-order valence-corrected chi connectivity index (χ3v) is 5.34. The Labute approximate surface area is 175 Å². The van der Waals surface area contributed by atoms with Gasteiger partial charge in [0.25, 0.3) is 5.97 Å². The van der Waals surface area contributed by atoms with E-state index in [9.17, 15) is 9.90 Å². The molecule has 6 heteroatoms. The Morgan fingerprint density at radius 2 is 1.57 bits per heavy atom. The van der Waals surface area contributed by atoms with E-state index < -0.39 is 11.9 Å². The predicted octanol–water partition coefficient (Wildman–Crippen LogP) is 4.85. The van der Waals surface area contributed by atoms with Crippen LogP contribution in [0.5, 0.6) is 0 Å². The van der Waals surface area contributed by atoms with Crippen molar-refractivity contribution < 1.29 is 24.2 Å². The maximum absolute atomic E-state index is 11.2. The van der Waals surface area contributed by atoms with Crippen LogP contribution in [-0.2, 0) is 9.59 Å².